The Hall–Kier alpha value is -4.00. The van der Waals surface area contributed by atoms with Crippen molar-refractivity contribution in [2.45, 2.75) is 0 Å². The van der Waals surface area contributed by atoms with E-state index in [1.54, 1.807) is 48.5 Å². The lowest BCUT2D eigenvalue weighted by Gasteiger charge is -2.10. The largest absolute Gasteiger partial charge is 0.490 e. The van der Waals surface area contributed by atoms with Crippen LogP contribution in [0, 0.1) is 0 Å². The van der Waals surface area contributed by atoms with Crippen LogP contribution in [-0.2, 0) is 4.79 Å². The second kappa shape index (κ2) is 11.1. The van der Waals surface area contributed by atoms with Gasteiger partial charge in [0.1, 0.15) is 30.5 Å². The number of benzene rings is 3. The summed E-state index contributed by atoms with van der Waals surface area (Å²) < 4.78 is 16.5. The molecule has 0 unspecified atom stereocenters. The van der Waals surface area contributed by atoms with Gasteiger partial charge in [0.05, 0.1) is 0 Å². The lowest BCUT2D eigenvalue weighted by Crippen LogP contribution is -2.43. The molecule has 0 bridgehead atoms. The van der Waals surface area contributed by atoms with Gasteiger partial charge in [-0.2, -0.15) is 0 Å². The van der Waals surface area contributed by atoms with Crippen molar-refractivity contribution in [3.05, 3.63) is 90.5 Å². The maximum atomic E-state index is 12.1. The molecule has 7 heteroatoms. The molecule has 0 fully saturated rings. The van der Waals surface area contributed by atoms with Gasteiger partial charge in [0, 0.05) is 5.56 Å². The fraction of sp³-hybridized carbons (Fsp3) is 0.130. The Kier molecular flexibility index (Phi) is 7.68. The van der Waals surface area contributed by atoms with Crippen molar-refractivity contribution < 1.29 is 23.8 Å². The van der Waals surface area contributed by atoms with Gasteiger partial charge in [0.15, 0.2) is 6.61 Å². The van der Waals surface area contributed by atoms with Gasteiger partial charge >= 0.3 is 0 Å². The molecule has 0 aliphatic carbocycles. The van der Waals surface area contributed by atoms with Crippen LogP contribution in [-0.4, -0.2) is 31.6 Å². The molecule has 154 valence electrons. The van der Waals surface area contributed by atoms with Crippen molar-refractivity contribution in [1.29, 1.82) is 0 Å². The van der Waals surface area contributed by atoms with Crippen LogP contribution >= 0.6 is 0 Å². The van der Waals surface area contributed by atoms with Crippen molar-refractivity contribution in [2.75, 3.05) is 19.8 Å². The van der Waals surface area contributed by atoms with Crippen LogP contribution in [0.5, 0.6) is 17.2 Å². The third-order valence-electron chi connectivity index (χ3n) is 3.91. The van der Waals surface area contributed by atoms with Crippen molar-refractivity contribution in [3.63, 3.8) is 0 Å². The summed E-state index contributed by atoms with van der Waals surface area (Å²) >= 11 is 0. The van der Waals surface area contributed by atoms with E-state index in [1.807, 2.05) is 36.4 Å². The van der Waals surface area contributed by atoms with Crippen molar-refractivity contribution in [2.24, 2.45) is 0 Å². The summed E-state index contributed by atoms with van der Waals surface area (Å²) in [6.45, 7) is 0.573. The normalized spacial score (nSPS) is 10.0. The summed E-state index contributed by atoms with van der Waals surface area (Å²) in [6.07, 6.45) is 0. The average molecular weight is 406 g/mol. The molecule has 3 aromatic carbocycles. The molecule has 3 aromatic rings. The zero-order valence-corrected chi connectivity index (χ0v) is 16.2. The van der Waals surface area contributed by atoms with E-state index in [4.69, 9.17) is 14.2 Å². The first-order valence-corrected chi connectivity index (χ1v) is 9.38. The molecule has 0 aromatic heterocycles. The SMILES string of the molecule is O=C(COc1ccccc1)NNC(=O)c1ccc(OCCOc2ccccc2)cc1. The minimum absolute atomic E-state index is 0.206. The monoisotopic (exact) mass is 406 g/mol. The molecular weight excluding hydrogens is 384 g/mol. The topological polar surface area (TPSA) is 85.9 Å². The van der Waals surface area contributed by atoms with E-state index in [0.717, 1.165) is 5.75 Å². The minimum atomic E-state index is -0.467. The van der Waals surface area contributed by atoms with Gasteiger partial charge in [-0.3, -0.25) is 20.4 Å². The van der Waals surface area contributed by atoms with Crippen LogP contribution in [0.4, 0.5) is 0 Å². The quantitative estimate of drug-likeness (QED) is 0.422. The molecule has 30 heavy (non-hydrogen) atoms. The summed E-state index contributed by atoms with van der Waals surface area (Å²) in [5.74, 6) is 1.06. The molecule has 2 N–H and O–H groups in total. The van der Waals surface area contributed by atoms with E-state index in [-0.39, 0.29) is 6.61 Å². The van der Waals surface area contributed by atoms with Gasteiger partial charge in [-0.15, -0.1) is 0 Å². The lowest BCUT2D eigenvalue weighted by molar-refractivity contribution is -0.123. The van der Waals surface area contributed by atoms with Gasteiger partial charge in [0.25, 0.3) is 11.8 Å². The van der Waals surface area contributed by atoms with E-state index in [1.165, 1.54) is 0 Å². The number of carbonyl (C=O) groups is 2. The smallest absolute Gasteiger partial charge is 0.276 e. The van der Waals surface area contributed by atoms with Crippen LogP contribution in [0.25, 0.3) is 0 Å². The second-order valence-corrected chi connectivity index (χ2v) is 6.14. The Morgan fingerprint density at radius 3 is 1.67 bits per heavy atom. The molecule has 0 saturated carbocycles. The highest BCUT2D eigenvalue weighted by molar-refractivity contribution is 5.95. The molecule has 0 spiro atoms. The van der Waals surface area contributed by atoms with E-state index in [2.05, 4.69) is 10.9 Å². The number of carbonyl (C=O) groups excluding carboxylic acids is 2. The summed E-state index contributed by atoms with van der Waals surface area (Å²) in [5.41, 5.74) is 5.04. The van der Waals surface area contributed by atoms with Crippen LogP contribution in [0.2, 0.25) is 0 Å². The van der Waals surface area contributed by atoms with Crippen molar-refractivity contribution in [3.8, 4) is 17.2 Å². The van der Waals surface area contributed by atoms with Gasteiger partial charge in [-0.1, -0.05) is 36.4 Å². The molecule has 0 radical (unpaired) electrons. The molecule has 3 rings (SSSR count). The van der Waals surface area contributed by atoms with Crippen LogP contribution < -0.4 is 25.1 Å². The highest BCUT2D eigenvalue weighted by Crippen LogP contribution is 2.13. The fourth-order valence-corrected chi connectivity index (χ4v) is 2.44. The Bertz CT molecular complexity index is 931. The van der Waals surface area contributed by atoms with Gasteiger partial charge in [-0.05, 0) is 48.5 Å². The number of amides is 2. The number of hydrogen-bond acceptors (Lipinski definition) is 5. The predicted molar refractivity (Wildman–Crippen MR) is 111 cm³/mol. The third-order valence-corrected chi connectivity index (χ3v) is 3.91. The molecule has 0 heterocycles. The highest BCUT2D eigenvalue weighted by Gasteiger charge is 2.08. The molecule has 0 saturated heterocycles. The second-order valence-electron chi connectivity index (χ2n) is 6.14. The standard InChI is InChI=1S/C23H22N2O5/c26-22(17-30-20-9-5-2-6-10-20)24-25-23(27)18-11-13-21(14-12-18)29-16-15-28-19-7-3-1-4-8-19/h1-14H,15-17H2,(H,24,26)(H,25,27). The van der Waals surface area contributed by atoms with Crippen molar-refractivity contribution >= 4 is 11.8 Å². The van der Waals surface area contributed by atoms with Gasteiger partial charge in [0.2, 0.25) is 0 Å². The molecule has 0 aliphatic rings. The molecule has 0 aliphatic heterocycles. The Labute approximate surface area is 174 Å². The van der Waals surface area contributed by atoms with Gasteiger partial charge < -0.3 is 14.2 Å². The summed E-state index contributed by atoms with van der Waals surface area (Å²) in [6, 6.07) is 25.0. The Morgan fingerprint density at radius 2 is 1.10 bits per heavy atom. The van der Waals surface area contributed by atoms with E-state index in [0.29, 0.717) is 30.3 Å². The zero-order valence-electron chi connectivity index (χ0n) is 16.2. The van der Waals surface area contributed by atoms with Crippen LogP contribution in [0.15, 0.2) is 84.9 Å². The summed E-state index contributed by atoms with van der Waals surface area (Å²) in [7, 11) is 0. The number of para-hydroxylation sites is 2. The zero-order chi connectivity index (χ0) is 21.0. The number of ether oxygens (including phenoxy) is 3. The maximum Gasteiger partial charge on any atom is 0.276 e. The first-order chi connectivity index (χ1) is 14.7. The average Bonchev–Trinajstić information content (AvgIpc) is 2.80. The highest BCUT2D eigenvalue weighted by atomic mass is 16.5. The summed E-state index contributed by atoms with van der Waals surface area (Å²) in [4.78, 5) is 23.9. The van der Waals surface area contributed by atoms with Crippen LogP contribution in [0.3, 0.4) is 0 Å². The Morgan fingerprint density at radius 1 is 0.600 bits per heavy atom. The van der Waals surface area contributed by atoms with Gasteiger partial charge in [-0.25, -0.2) is 0 Å². The van der Waals surface area contributed by atoms with E-state index >= 15 is 0 Å². The molecule has 2 amide bonds. The third kappa shape index (κ3) is 6.87. The molecule has 0 atom stereocenters. The Balaban J connectivity index is 1.35. The molecule has 7 nitrogen and oxygen atoms in total. The molecular formula is C23H22N2O5. The fourth-order valence-electron chi connectivity index (χ4n) is 2.44. The van der Waals surface area contributed by atoms with Crippen molar-refractivity contribution in [1.82, 2.24) is 10.9 Å². The lowest BCUT2D eigenvalue weighted by atomic mass is 10.2. The first-order valence-electron chi connectivity index (χ1n) is 9.38. The number of nitrogens with one attached hydrogen (secondary N) is 2. The van der Waals surface area contributed by atoms with Crippen LogP contribution in [0.1, 0.15) is 10.4 Å². The maximum absolute atomic E-state index is 12.1. The minimum Gasteiger partial charge on any atom is -0.490 e. The number of hydrogen-bond donors (Lipinski definition) is 2. The van der Waals surface area contributed by atoms with E-state index < -0.39 is 11.8 Å². The predicted octanol–water partition coefficient (Wildman–Crippen LogP) is 2.98. The number of hydrazine groups is 1. The van der Waals surface area contributed by atoms with E-state index in [9.17, 15) is 9.59 Å². The first kappa shape index (κ1) is 20.7. The summed E-state index contributed by atoms with van der Waals surface area (Å²) in [5, 5.41) is 0. The number of rotatable bonds is 9.